The summed E-state index contributed by atoms with van der Waals surface area (Å²) >= 11 is 0. The highest BCUT2D eigenvalue weighted by Crippen LogP contribution is 2.13. The number of rotatable bonds is 5. The Bertz CT molecular complexity index is 269. The Labute approximate surface area is 93.3 Å². The van der Waals surface area contributed by atoms with Crippen molar-refractivity contribution in [2.45, 2.75) is 19.9 Å². The Balaban J connectivity index is 2.58. The van der Waals surface area contributed by atoms with Gasteiger partial charge < -0.3 is 10.2 Å². The Hall–Kier alpha value is -1.02. The van der Waals surface area contributed by atoms with Crippen LogP contribution in [0.15, 0.2) is 30.3 Å². The monoisotopic (exact) mass is 206 g/mol. The molecule has 0 aliphatic rings. The zero-order valence-electron chi connectivity index (χ0n) is 10.2. The van der Waals surface area contributed by atoms with Crippen molar-refractivity contribution in [3.05, 3.63) is 30.3 Å². The van der Waals surface area contributed by atoms with Gasteiger partial charge in [-0.25, -0.2) is 0 Å². The number of nitrogens with one attached hydrogen (secondary N) is 1. The summed E-state index contributed by atoms with van der Waals surface area (Å²) in [7, 11) is 4.17. The Morgan fingerprint density at radius 1 is 1.20 bits per heavy atom. The van der Waals surface area contributed by atoms with Crippen LogP contribution in [0, 0.1) is 5.92 Å². The number of anilines is 1. The number of nitrogens with zero attached hydrogens (tertiary/aromatic N) is 1. The van der Waals surface area contributed by atoms with Crippen LogP contribution in [0.2, 0.25) is 0 Å². The van der Waals surface area contributed by atoms with Gasteiger partial charge in [0.15, 0.2) is 0 Å². The van der Waals surface area contributed by atoms with Crippen molar-refractivity contribution in [1.29, 1.82) is 0 Å². The molecule has 1 unspecified atom stereocenters. The molecule has 1 atom stereocenters. The molecular weight excluding hydrogens is 184 g/mol. The number of benzene rings is 1. The summed E-state index contributed by atoms with van der Waals surface area (Å²) in [4.78, 5) is 2.29. The van der Waals surface area contributed by atoms with Gasteiger partial charge in [-0.2, -0.15) is 0 Å². The maximum atomic E-state index is 3.36. The van der Waals surface area contributed by atoms with E-state index in [1.54, 1.807) is 0 Å². The lowest BCUT2D eigenvalue weighted by Crippen LogP contribution is -2.41. The molecular formula is C13H22N2. The van der Waals surface area contributed by atoms with Gasteiger partial charge in [-0.05, 0) is 25.1 Å². The summed E-state index contributed by atoms with van der Waals surface area (Å²) in [5, 5.41) is 3.36. The zero-order chi connectivity index (χ0) is 11.3. The second-order valence-corrected chi connectivity index (χ2v) is 4.36. The molecule has 0 heterocycles. The van der Waals surface area contributed by atoms with Gasteiger partial charge in [-0.3, -0.25) is 0 Å². The van der Waals surface area contributed by atoms with Crippen LogP contribution in [0.4, 0.5) is 5.69 Å². The maximum Gasteiger partial charge on any atom is 0.0364 e. The second-order valence-electron chi connectivity index (χ2n) is 4.36. The number of para-hydroxylation sites is 1. The molecule has 84 valence electrons. The summed E-state index contributed by atoms with van der Waals surface area (Å²) in [6, 6.07) is 11.0. The lowest BCUT2D eigenvalue weighted by molar-refractivity contribution is 0.429. The molecule has 0 aliphatic heterocycles. The van der Waals surface area contributed by atoms with Crippen LogP contribution in [0.1, 0.15) is 13.8 Å². The van der Waals surface area contributed by atoms with E-state index in [0.717, 1.165) is 6.54 Å². The van der Waals surface area contributed by atoms with E-state index in [9.17, 15) is 0 Å². The van der Waals surface area contributed by atoms with Crippen LogP contribution in [0.3, 0.4) is 0 Å². The van der Waals surface area contributed by atoms with E-state index in [-0.39, 0.29) is 0 Å². The van der Waals surface area contributed by atoms with E-state index in [2.05, 4.69) is 61.4 Å². The SMILES string of the molecule is CNC(CN(C)c1ccccc1)C(C)C. The quantitative estimate of drug-likeness (QED) is 0.795. The molecule has 1 aromatic carbocycles. The fraction of sp³-hybridized carbons (Fsp3) is 0.538. The number of hydrogen-bond donors (Lipinski definition) is 1. The van der Waals surface area contributed by atoms with Crippen LogP contribution in [-0.2, 0) is 0 Å². The van der Waals surface area contributed by atoms with Gasteiger partial charge in [0.1, 0.15) is 0 Å². The molecule has 1 rings (SSSR count). The predicted octanol–water partition coefficient (Wildman–Crippen LogP) is 2.37. The molecule has 2 heteroatoms. The second kappa shape index (κ2) is 5.76. The molecule has 0 bridgehead atoms. The molecule has 1 aromatic rings. The first-order chi connectivity index (χ1) is 7.15. The summed E-state index contributed by atoms with van der Waals surface area (Å²) < 4.78 is 0. The van der Waals surface area contributed by atoms with Crippen molar-refractivity contribution in [2.24, 2.45) is 5.92 Å². The first-order valence-electron chi connectivity index (χ1n) is 5.58. The van der Waals surface area contributed by atoms with Crippen molar-refractivity contribution in [1.82, 2.24) is 5.32 Å². The average Bonchev–Trinajstić information content (AvgIpc) is 2.26. The molecule has 0 fully saturated rings. The topological polar surface area (TPSA) is 15.3 Å². The smallest absolute Gasteiger partial charge is 0.0364 e. The van der Waals surface area contributed by atoms with Gasteiger partial charge in [-0.15, -0.1) is 0 Å². The molecule has 0 amide bonds. The van der Waals surface area contributed by atoms with E-state index in [1.807, 2.05) is 7.05 Å². The molecule has 1 N–H and O–H groups in total. The zero-order valence-corrected chi connectivity index (χ0v) is 10.2. The third kappa shape index (κ3) is 3.56. The van der Waals surface area contributed by atoms with Crippen molar-refractivity contribution in [2.75, 3.05) is 25.5 Å². The molecule has 0 saturated heterocycles. The van der Waals surface area contributed by atoms with Gasteiger partial charge in [0.25, 0.3) is 0 Å². The van der Waals surface area contributed by atoms with E-state index < -0.39 is 0 Å². The van der Waals surface area contributed by atoms with Gasteiger partial charge in [0.2, 0.25) is 0 Å². The van der Waals surface area contributed by atoms with Crippen LogP contribution in [0.25, 0.3) is 0 Å². The first kappa shape index (κ1) is 12.1. The van der Waals surface area contributed by atoms with Crippen molar-refractivity contribution in [3.8, 4) is 0 Å². The van der Waals surface area contributed by atoms with Gasteiger partial charge >= 0.3 is 0 Å². The highest BCUT2D eigenvalue weighted by Gasteiger charge is 2.13. The van der Waals surface area contributed by atoms with E-state index in [0.29, 0.717) is 12.0 Å². The Morgan fingerprint density at radius 2 is 1.80 bits per heavy atom. The molecule has 15 heavy (non-hydrogen) atoms. The highest BCUT2D eigenvalue weighted by molar-refractivity contribution is 5.45. The van der Waals surface area contributed by atoms with Crippen molar-refractivity contribution >= 4 is 5.69 Å². The Morgan fingerprint density at radius 3 is 2.27 bits per heavy atom. The largest absolute Gasteiger partial charge is 0.373 e. The van der Waals surface area contributed by atoms with Crippen molar-refractivity contribution in [3.63, 3.8) is 0 Å². The normalized spacial score (nSPS) is 12.9. The predicted molar refractivity (Wildman–Crippen MR) is 67.4 cm³/mol. The fourth-order valence-corrected chi connectivity index (χ4v) is 1.72. The van der Waals surface area contributed by atoms with Gasteiger partial charge in [0.05, 0.1) is 0 Å². The maximum absolute atomic E-state index is 3.36. The minimum atomic E-state index is 0.537. The van der Waals surface area contributed by atoms with Crippen molar-refractivity contribution < 1.29 is 0 Å². The molecule has 0 radical (unpaired) electrons. The highest BCUT2D eigenvalue weighted by atomic mass is 15.1. The minimum Gasteiger partial charge on any atom is -0.373 e. The lowest BCUT2D eigenvalue weighted by Gasteiger charge is -2.28. The molecule has 0 aromatic heterocycles. The van der Waals surface area contributed by atoms with Crippen LogP contribution in [0.5, 0.6) is 0 Å². The minimum absolute atomic E-state index is 0.537. The molecule has 0 aliphatic carbocycles. The molecule has 2 nitrogen and oxygen atoms in total. The van der Waals surface area contributed by atoms with Crippen LogP contribution in [-0.4, -0.2) is 26.7 Å². The fourth-order valence-electron chi connectivity index (χ4n) is 1.72. The third-order valence-electron chi connectivity index (χ3n) is 2.84. The summed E-state index contributed by atoms with van der Waals surface area (Å²) in [5.41, 5.74) is 1.28. The molecule has 0 spiro atoms. The summed E-state index contributed by atoms with van der Waals surface area (Å²) in [5.74, 6) is 0.654. The van der Waals surface area contributed by atoms with Crippen LogP contribution < -0.4 is 10.2 Å². The Kier molecular flexibility index (Phi) is 4.63. The van der Waals surface area contributed by atoms with Crippen LogP contribution >= 0.6 is 0 Å². The van der Waals surface area contributed by atoms with E-state index >= 15 is 0 Å². The summed E-state index contributed by atoms with van der Waals surface area (Å²) in [6.45, 7) is 5.54. The average molecular weight is 206 g/mol. The third-order valence-corrected chi connectivity index (χ3v) is 2.84. The van der Waals surface area contributed by atoms with Gasteiger partial charge in [-0.1, -0.05) is 32.0 Å². The first-order valence-corrected chi connectivity index (χ1v) is 5.58. The summed E-state index contributed by atoms with van der Waals surface area (Å²) in [6.07, 6.45) is 0. The lowest BCUT2D eigenvalue weighted by atomic mass is 10.0. The number of hydrogen-bond acceptors (Lipinski definition) is 2. The van der Waals surface area contributed by atoms with E-state index in [1.165, 1.54) is 5.69 Å². The van der Waals surface area contributed by atoms with E-state index in [4.69, 9.17) is 0 Å². The number of likely N-dealkylation sites (N-methyl/N-ethyl adjacent to an activating group) is 2. The standard InChI is InChI=1S/C13H22N2/c1-11(2)13(14-3)10-15(4)12-8-6-5-7-9-12/h5-9,11,13-14H,10H2,1-4H3. The molecule has 0 saturated carbocycles. The van der Waals surface area contributed by atoms with Gasteiger partial charge in [0, 0.05) is 25.3 Å².